The molecule has 4 heteroatoms. The molecule has 1 rings (SSSR count). The van der Waals surface area contributed by atoms with Crippen molar-refractivity contribution in [3.05, 3.63) is 21.7 Å². The summed E-state index contributed by atoms with van der Waals surface area (Å²) in [6, 6.07) is 0. The second-order valence-corrected chi connectivity index (χ2v) is 4.76. The van der Waals surface area contributed by atoms with Crippen LogP contribution < -0.4 is 11.3 Å². The molecule has 1 heterocycles. The van der Waals surface area contributed by atoms with Crippen LogP contribution in [0.5, 0.6) is 0 Å². The van der Waals surface area contributed by atoms with Gasteiger partial charge < -0.3 is 10.7 Å². The van der Waals surface area contributed by atoms with Crippen LogP contribution in [-0.4, -0.2) is 9.97 Å². The summed E-state index contributed by atoms with van der Waals surface area (Å²) >= 11 is 0. The molecule has 0 radical (unpaired) electrons. The molecule has 0 aromatic carbocycles. The number of nitrogens with one attached hydrogen (secondary N) is 1. The Kier molecular flexibility index (Phi) is 2.64. The maximum atomic E-state index is 11.4. The highest BCUT2D eigenvalue weighted by molar-refractivity contribution is 5.36. The molecule has 1 aromatic heterocycles. The molecule has 3 N–H and O–H groups in total. The van der Waals surface area contributed by atoms with E-state index in [1.54, 1.807) is 6.92 Å². The first-order valence-electron chi connectivity index (χ1n) is 4.65. The van der Waals surface area contributed by atoms with Gasteiger partial charge in [0, 0.05) is 6.42 Å². The van der Waals surface area contributed by atoms with E-state index in [1.165, 1.54) is 0 Å². The Morgan fingerprint density at radius 2 is 2.00 bits per heavy atom. The summed E-state index contributed by atoms with van der Waals surface area (Å²) in [5.74, 6) is 0.985. The second kappa shape index (κ2) is 3.44. The fraction of sp³-hybridized carbons (Fsp3) is 0.600. The van der Waals surface area contributed by atoms with Gasteiger partial charge in [0.15, 0.2) is 0 Å². The van der Waals surface area contributed by atoms with Gasteiger partial charge in [-0.05, 0) is 12.3 Å². The number of nitrogens with two attached hydrogens (primary N) is 1. The summed E-state index contributed by atoms with van der Waals surface area (Å²) in [6.45, 7) is 7.93. The lowest BCUT2D eigenvalue weighted by molar-refractivity contribution is 0.400. The summed E-state index contributed by atoms with van der Waals surface area (Å²) in [6.07, 6.45) is 0.715. The number of hydrogen-bond acceptors (Lipinski definition) is 3. The van der Waals surface area contributed by atoms with E-state index < -0.39 is 0 Å². The third kappa shape index (κ3) is 2.58. The molecule has 0 aliphatic heterocycles. The minimum absolute atomic E-state index is 0.0949. The lowest BCUT2D eigenvalue weighted by Crippen LogP contribution is -2.20. The Bertz CT molecular complexity index is 387. The largest absolute Gasteiger partial charge is 0.383 e. The Hall–Kier alpha value is -1.32. The maximum Gasteiger partial charge on any atom is 0.255 e. The average Bonchev–Trinajstić information content (AvgIpc) is 1.96. The first-order chi connectivity index (χ1) is 6.29. The minimum Gasteiger partial charge on any atom is -0.383 e. The molecular formula is C10H17N3O. The highest BCUT2D eigenvalue weighted by Gasteiger charge is 2.14. The van der Waals surface area contributed by atoms with Crippen LogP contribution in [0.4, 0.5) is 5.82 Å². The van der Waals surface area contributed by atoms with Gasteiger partial charge in [-0.15, -0.1) is 0 Å². The molecule has 4 nitrogen and oxygen atoms in total. The van der Waals surface area contributed by atoms with Gasteiger partial charge in [-0.1, -0.05) is 20.8 Å². The zero-order valence-corrected chi connectivity index (χ0v) is 9.14. The van der Waals surface area contributed by atoms with Crippen LogP contribution >= 0.6 is 0 Å². The van der Waals surface area contributed by atoms with Crippen molar-refractivity contribution in [2.45, 2.75) is 34.1 Å². The van der Waals surface area contributed by atoms with Gasteiger partial charge in [-0.2, -0.15) is 0 Å². The molecule has 1 aromatic rings. The van der Waals surface area contributed by atoms with Crippen LogP contribution in [0, 0.1) is 12.3 Å². The van der Waals surface area contributed by atoms with Gasteiger partial charge in [0.05, 0.1) is 5.56 Å². The van der Waals surface area contributed by atoms with E-state index in [2.05, 4.69) is 30.7 Å². The zero-order valence-electron chi connectivity index (χ0n) is 9.14. The number of aromatic nitrogens is 2. The van der Waals surface area contributed by atoms with E-state index in [0.29, 0.717) is 23.6 Å². The summed E-state index contributed by atoms with van der Waals surface area (Å²) in [5, 5.41) is 0. The number of nitrogens with zero attached hydrogens (tertiary/aromatic N) is 1. The van der Waals surface area contributed by atoms with Crippen molar-refractivity contribution in [1.29, 1.82) is 0 Å². The fourth-order valence-corrected chi connectivity index (χ4v) is 1.18. The van der Waals surface area contributed by atoms with Crippen LogP contribution in [-0.2, 0) is 6.42 Å². The number of rotatable bonds is 1. The number of nitrogen functional groups attached to an aromatic ring is 1. The van der Waals surface area contributed by atoms with Crippen molar-refractivity contribution in [3.8, 4) is 0 Å². The van der Waals surface area contributed by atoms with Crippen LogP contribution in [0.2, 0.25) is 0 Å². The van der Waals surface area contributed by atoms with E-state index in [1.807, 2.05) is 0 Å². The van der Waals surface area contributed by atoms with Gasteiger partial charge in [0.2, 0.25) is 0 Å². The van der Waals surface area contributed by atoms with E-state index in [-0.39, 0.29) is 11.0 Å². The number of aromatic amines is 1. The van der Waals surface area contributed by atoms with Crippen LogP contribution in [0.15, 0.2) is 4.79 Å². The highest BCUT2D eigenvalue weighted by Crippen LogP contribution is 2.18. The summed E-state index contributed by atoms with van der Waals surface area (Å²) in [5.41, 5.74) is 6.05. The molecule has 0 fully saturated rings. The van der Waals surface area contributed by atoms with Crippen LogP contribution in [0.3, 0.4) is 0 Å². The Morgan fingerprint density at radius 1 is 1.43 bits per heavy atom. The van der Waals surface area contributed by atoms with Gasteiger partial charge in [0.25, 0.3) is 5.56 Å². The van der Waals surface area contributed by atoms with Gasteiger partial charge in [-0.25, -0.2) is 4.98 Å². The topological polar surface area (TPSA) is 71.8 Å². The molecule has 0 saturated carbocycles. The molecule has 0 bridgehead atoms. The van der Waals surface area contributed by atoms with E-state index in [4.69, 9.17) is 5.73 Å². The monoisotopic (exact) mass is 195 g/mol. The van der Waals surface area contributed by atoms with E-state index in [0.717, 1.165) is 0 Å². The van der Waals surface area contributed by atoms with Crippen molar-refractivity contribution in [3.63, 3.8) is 0 Å². The van der Waals surface area contributed by atoms with Crippen molar-refractivity contribution >= 4 is 5.82 Å². The van der Waals surface area contributed by atoms with Gasteiger partial charge in [-0.3, -0.25) is 4.79 Å². The van der Waals surface area contributed by atoms with Gasteiger partial charge in [0.1, 0.15) is 11.6 Å². The molecule has 0 saturated heterocycles. The van der Waals surface area contributed by atoms with Gasteiger partial charge >= 0.3 is 0 Å². The predicted octanol–water partition coefficient (Wildman–Crippen LogP) is 1.25. The smallest absolute Gasteiger partial charge is 0.255 e. The predicted molar refractivity (Wildman–Crippen MR) is 57.2 cm³/mol. The summed E-state index contributed by atoms with van der Waals surface area (Å²) in [7, 11) is 0. The lowest BCUT2D eigenvalue weighted by atomic mass is 9.92. The highest BCUT2D eigenvalue weighted by atomic mass is 16.1. The summed E-state index contributed by atoms with van der Waals surface area (Å²) < 4.78 is 0. The Labute approximate surface area is 83.6 Å². The van der Waals surface area contributed by atoms with Crippen LogP contribution in [0.1, 0.15) is 32.2 Å². The molecule has 0 atom stereocenters. The van der Waals surface area contributed by atoms with Crippen molar-refractivity contribution in [2.24, 2.45) is 5.41 Å². The molecule has 0 aliphatic carbocycles. The third-order valence-corrected chi connectivity index (χ3v) is 1.94. The lowest BCUT2D eigenvalue weighted by Gasteiger charge is -2.17. The Morgan fingerprint density at radius 3 is 2.43 bits per heavy atom. The quantitative estimate of drug-likeness (QED) is 0.708. The van der Waals surface area contributed by atoms with Crippen molar-refractivity contribution < 1.29 is 0 Å². The fourth-order valence-electron chi connectivity index (χ4n) is 1.18. The number of H-pyrrole nitrogens is 1. The molecular weight excluding hydrogens is 178 g/mol. The number of hydrogen-bond donors (Lipinski definition) is 2. The molecule has 14 heavy (non-hydrogen) atoms. The zero-order chi connectivity index (χ0) is 10.9. The molecule has 78 valence electrons. The molecule has 0 amide bonds. The first-order valence-corrected chi connectivity index (χ1v) is 4.65. The number of anilines is 1. The summed E-state index contributed by atoms with van der Waals surface area (Å²) in [4.78, 5) is 18.2. The minimum atomic E-state index is -0.142. The second-order valence-electron chi connectivity index (χ2n) is 4.76. The van der Waals surface area contributed by atoms with E-state index in [9.17, 15) is 4.79 Å². The molecule has 0 unspecified atom stereocenters. The maximum absolute atomic E-state index is 11.4. The SMILES string of the molecule is Cc1c(N)nc(CC(C)(C)C)[nH]c1=O. The van der Waals surface area contributed by atoms with E-state index >= 15 is 0 Å². The standard InChI is InChI=1S/C10H17N3O/c1-6-8(11)12-7(13-9(6)14)5-10(2,3)4/h5H2,1-4H3,(H3,11,12,13,14). The van der Waals surface area contributed by atoms with Crippen molar-refractivity contribution in [2.75, 3.05) is 5.73 Å². The Balaban J connectivity index is 3.08. The third-order valence-electron chi connectivity index (χ3n) is 1.94. The average molecular weight is 195 g/mol. The van der Waals surface area contributed by atoms with Crippen molar-refractivity contribution in [1.82, 2.24) is 9.97 Å². The molecule has 0 aliphatic rings. The van der Waals surface area contributed by atoms with Crippen LogP contribution in [0.25, 0.3) is 0 Å². The first kappa shape index (κ1) is 10.8. The molecule has 0 spiro atoms. The normalized spacial score (nSPS) is 11.7.